The minimum absolute atomic E-state index is 0.0194. The maximum atomic E-state index is 13.2. The number of nitrogens with zero attached hydrogens (tertiary/aromatic N) is 1. The van der Waals surface area contributed by atoms with Crippen molar-refractivity contribution in [3.8, 4) is 5.75 Å². The second-order valence-electron chi connectivity index (χ2n) is 6.93. The van der Waals surface area contributed by atoms with E-state index >= 15 is 0 Å². The fraction of sp³-hybridized carbons (Fsp3) is 0.227. The smallest absolute Gasteiger partial charge is 0.240 e. The number of anilines is 1. The van der Waals surface area contributed by atoms with Gasteiger partial charge in [0.15, 0.2) is 0 Å². The SMILES string of the molecule is COc1ccc([C@@H]2Nn3c(C)ccc3S[C@H]2C(=O)Nc2cccc(C)c2)cc1. The Morgan fingerprint density at radius 3 is 2.61 bits per heavy atom. The van der Waals surface area contributed by atoms with Gasteiger partial charge in [0.1, 0.15) is 11.0 Å². The van der Waals surface area contributed by atoms with Gasteiger partial charge in [-0.05, 0) is 61.4 Å². The van der Waals surface area contributed by atoms with Crippen molar-refractivity contribution >= 4 is 23.4 Å². The standard InChI is InChI=1S/C22H23N3O2S/c1-14-5-4-6-17(13-14)23-22(26)21-20(16-8-10-18(27-3)11-9-16)24-25-15(2)7-12-19(25)28-21/h4-13,20-21,24H,1-3H3,(H,23,26)/t20-,21+/m0/s1. The fourth-order valence-corrected chi connectivity index (χ4v) is 4.61. The highest BCUT2D eigenvalue weighted by Crippen LogP contribution is 2.39. The Bertz CT molecular complexity index is 997. The molecule has 0 saturated heterocycles. The summed E-state index contributed by atoms with van der Waals surface area (Å²) in [4.78, 5) is 13.2. The quantitative estimate of drug-likeness (QED) is 0.685. The molecule has 2 heterocycles. The summed E-state index contributed by atoms with van der Waals surface area (Å²) in [7, 11) is 1.65. The van der Waals surface area contributed by atoms with Gasteiger partial charge < -0.3 is 15.5 Å². The number of fused-ring (bicyclic) bond motifs is 1. The van der Waals surface area contributed by atoms with Gasteiger partial charge in [0.05, 0.1) is 18.2 Å². The molecular formula is C22H23N3O2S. The molecule has 1 aromatic heterocycles. The van der Waals surface area contributed by atoms with Crippen LogP contribution in [0.25, 0.3) is 0 Å². The van der Waals surface area contributed by atoms with Crippen molar-refractivity contribution in [3.05, 3.63) is 77.5 Å². The lowest BCUT2D eigenvalue weighted by atomic mass is 10.0. The first-order valence-corrected chi connectivity index (χ1v) is 10.1. The number of ether oxygens (including phenoxy) is 1. The fourth-order valence-electron chi connectivity index (χ4n) is 3.38. The number of aromatic nitrogens is 1. The first-order chi connectivity index (χ1) is 13.5. The number of amides is 1. The average molecular weight is 394 g/mol. The molecule has 1 aliphatic heterocycles. The van der Waals surface area contributed by atoms with Crippen LogP contribution in [0.5, 0.6) is 5.75 Å². The second kappa shape index (κ2) is 7.64. The molecule has 0 radical (unpaired) electrons. The zero-order valence-electron chi connectivity index (χ0n) is 16.1. The number of rotatable bonds is 4. The number of hydrogen-bond donors (Lipinski definition) is 2. The summed E-state index contributed by atoms with van der Waals surface area (Å²) in [6.45, 7) is 4.07. The number of nitrogens with one attached hydrogen (secondary N) is 2. The maximum Gasteiger partial charge on any atom is 0.240 e. The van der Waals surface area contributed by atoms with Gasteiger partial charge >= 0.3 is 0 Å². The molecule has 2 aromatic carbocycles. The molecule has 0 fully saturated rings. The maximum absolute atomic E-state index is 13.2. The van der Waals surface area contributed by atoms with Gasteiger partial charge in [-0.25, -0.2) is 0 Å². The van der Waals surface area contributed by atoms with E-state index in [1.54, 1.807) is 18.9 Å². The van der Waals surface area contributed by atoms with Crippen LogP contribution in [0.4, 0.5) is 5.69 Å². The van der Waals surface area contributed by atoms with Gasteiger partial charge in [-0.15, -0.1) is 0 Å². The largest absolute Gasteiger partial charge is 0.497 e. The Morgan fingerprint density at radius 2 is 1.89 bits per heavy atom. The number of carbonyl (C=O) groups excluding carboxylic acids is 1. The van der Waals surface area contributed by atoms with Gasteiger partial charge in [-0.3, -0.25) is 9.47 Å². The Balaban J connectivity index is 1.65. The van der Waals surface area contributed by atoms with Crippen LogP contribution in [-0.2, 0) is 4.79 Å². The summed E-state index contributed by atoms with van der Waals surface area (Å²) in [5.41, 5.74) is 7.60. The Labute approximate surface area is 169 Å². The molecule has 4 rings (SSSR count). The van der Waals surface area contributed by atoms with E-state index in [0.717, 1.165) is 33.3 Å². The lowest BCUT2D eigenvalue weighted by Gasteiger charge is -2.34. The molecule has 28 heavy (non-hydrogen) atoms. The monoisotopic (exact) mass is 393 g/mol. The van der Waals surface area contributed by atoms with E-state index in [0.29, 0.717) is 0 Å². The van der Waals surface area contributed by atoms with Gasteiger partial charge in [-0.1, -0.05) is 36.0 Å². The number of hydrogen-bond acceptors (Lipinski definition) is 4. The van der Waals surface area contributed by atoms with Gasteiger partial charge in [0, 0.05) is 11.4 Å². The van der Waals surface area contributed by atoms with Crippen molar-refractivity contribution in [2.75, 3.05) is 17.9 Å². The third-order valence-electron chi connectivity index (χ3n) is 4.88. The Kier molecular flexibility index (Phi) is 5.05. The minimum Gasteiger partial charge on any atom is -0.497 e. The predicted octanol–water partition coefficient (Wildman–Crippen LogP) is 4.51. The summed E-state index contributed by atoms with van der Waals surface area (Å²) in [6, 6.07) is 19.7. The van der Waals surface area contributed by atoms with Crippen molar-refractivity contribution in [1.29, 1.82) is 0 Å². The van der Waals surface area contributed by atoms with Crippen LogP contribution in [0, 0.1) is 13.8 Å². The second-order valence-corrected chi connectivity index (χ2v) is 8.09. The molecule has 5 nitrogen and oxygen atoms in total. The zero-order valence-corrected chi connectivity index (χ0v) is 16.9. The van der Waals surface area contributed by atoms with E-state index in [-0.39, 0.29) is 17.2 Å². The van der Waals surface area contributed by atoms with Crippen LogP contribution in [0.1, 0.15) is 22.9 Å². The highest BCUT2D eigenvalue weighted by atomic mass is 32.2. The first kappa shape index (κ1) is 18.5. The van der Waals surface area contributed by atoms with E-state index in [1.807, 2.05) is 61.5 Å². The topological polar surface area (TPSA) is 55.3 Å². The van der Waals surface area contributed by atoms with Crippen LogP contribution in [0.3, 0.4) is 0 Å². The molecule has 6 heteroatoms. The summed E-state index contributed by atoms with van der Waals surface area (Å²) >= 11 is 1.58. The van der Waals surface area contributed by atoms with Crippen molar-refractivity contribution in [2.24, 2.45) is 0 Å². The molecule has 0 aliphatic carbocycles. The van der Waals surface area contributed by atoms with E-state index in [9.17, 15) is 4.79 Å². The first-order valence-electron chi connectivity index (χ1n) is 9.18. The average Bonchev–Trinajstić information content (AvgIpc) is 3.07. The van der Waals surface area contributed by atoms with Gasteiger partial charge in [0.2, 0.25) is 5.91 Å². The summed E-state index contributed by atoms with van der Waals surface area (Å²) in [6.07, 6.45) is 0. The normalized spacial score (nSPS) is 18.1. The van der Waals surface area contributed by atoms with Crippen LogP contribution in [0.15, 0.2) is 65.7 Å². The van der Waals surface area contributed by atoms with E-state index in [4.69, 9.17) is 4.74 Å². The molecule has 2 atom stereocenters. The third-order valence-corrected chi connectivity index (χ3v) is 6.18. The van der Waals surface area contributed by atoms with E-state index in [1.165, 1.54) is 0 Å². The van der Waals surface area contributed by atoms with Gasteiger partial charge in [-0.2, -0.15) is 0 Å². The van der Waals surface area contributed by atoms with Gasteiger partial charge in [0.25, 0.3) is 0 Å². The van der Waals surface area contributed by atoms with Crippen LogP contribution < -0.4 is 15.5 Å². The molecule has 0 spiro atoms. The lowest BCUT2D eigenvalue weighted by molar-refractivity contribution is -0.116. The highest BCUT2D eigenvalue weighted by molar-refractivity contribution is 8.00. The number of aryl methyl sites for hydroxylation is 2. The van der Waals surface area contributed by atoms with Crippen LogP contribution in [0.2, 0.25) is 0 Å². The molecular weight excluding hydrogens is 370 g/mol. The number of thioether (sulfide) groups is 1. The summed E-state index contributed by atoms with van der Waals surface area (Å²) in [5.74, 6) is 0.778. The number of carbonyl (C=O) groups is 1. The minimum atomic E-state index is -0.310. The number of benzene rings is 2. The molecule has 1 amide bonds. The highest BCUT2D eigenvalue weighted by Gasteiger charge is 2.36. The predicted molar refractivity (Wildman–Crippen MR) is 114 cm³/mol. The Hall–Kier alpha value is -2.86. The molecule has 144 valence electrons. The van der Waals surface area contributed by atoms with E-state index < -0.39 is 0 Å². The van der Waals surface area contributed by atoms with Crippen molar-refractivity contribution in [1.82, 2.24) is 4.68 Å². The number of methoxy groups -OCH3 is 1. The Morgan fingerprint density at radius 1 is 1.11 bits per heavy atom. The van der Waals surface area contributed by atoms with E-state index in [2.05, 4.69) is 28.4 Å². The summed E-state index contributed by atoms with van der Waals surface area (Å²) in [5, 5.41) is 3.80. The molecule has 0 saturated carbocycles. The van der Waals surface area contributed by atoms with Crippen LogP contribution in [-0.4, -0.2) is 22.9 Å². The molecule has 2 N–H and O–H groups in total. The molecule has 0 unspecified atom stereocenters. The van der Waals surface area contributed by atoms with Crippen LogP contribution >= 0.6 is 11.8 Å². The zero-order chi connectivity index (χ0) is 19.7. The molecule has 1 aliphatic rings. The molecule has 0 bridgehead atoms. The van der Waals surface area contributed by atoms with Crippen molar-refractivity contribution in [3.63, 3.8) is 0 Å². The third kappa shape index (κ3) is 3.60. The molecule has 3 aromatic rings. The lowest BCUT2D eigenvalue weighted by Crippen LogP contribution is -2.41. The van der Waals surface area contributed by atoms with Crippen molar-refractivity contribution in [2.45, 2.75) is 30.2 Å². The summed E-state index contributed by atoms with van der Waals surface area (Å²) < 4.78 is 7.33. The van der Waals surface area contributed by atoms with Crippen molar-refractivity contribution < 1.29 is 9.53 Å².